The minimum absolute atomic E-state index is 0.000789. The Morgan fingerprint density at radius 3 is 2.12 bits per heavy atom. The smallest absolute Gasteiger partial charge is 0.152 e. The summed E-state index contributed by atoms with van der Waals surface area (Å²) in [5.74, 6) is 1.34. The molecule has 0 fully saturated rings. The van der Waals surface area contributed by atoms with Gasteiger partial charge in [0, 0.05) is 0 Å². The number of carbonyl (C=O) groups excluding carboxylic acids is 1. The van der Waals surface area contributed by atoms with E-state index in [-0.39, 0.29) is 5.78 Å². The van der Waals surface area contributed by atoms with Gasteiger partial charge < -0.3 is 9.47 Å². The lowest BCUT2D eigenvalue weighted by Gasteiger charge is -2.09. The van der Waals surface area contributed by atoms with E-state index in [1.807, 2.05) is 12.1 Å². The molecule has 0 spiro atoms. The van der Waals surface area contributed by atoms with Gasteiger partial charge in [-0.3, -0.25) is 4.79 Å². The van der Waals surface area contributed by atoms with E-state index in [1.165, 1.54) is 13.0 Å². The fourth-order valence-electron chi connectivity index (χ4n) is 1.20. The number of ketones is 1. The number of carbonyl (C=O) groups is 1. The van der Waals surface area contributed by atoms with Crippen molar-refractivity contribution in [2.24, 2.45) is 0 Å². The lowest BCUT2D eigenvalue weighted by atomic mass is 10.1. The molecule has 86 valence electrons. The zero-order valence-electron chi connectivity index (χ0n) is 9.41. The average molecular weight is 285 g/mol. The van der Waals surface area contributed by atoms with Gasteiger partial charge in [-0.15, -0.1) is 0 Å². The van der Waals surface area contributed by atoms with Crippen LogP contribution in [0.5, 0.6) is 11.5 Å². The highest BCUT2D eigenvalue weighted by atomic mass is 79.9. The molecule has 1 rings (SSSR count). The Hall–Kier alpha value is -1.29. The Bertz CT molecular complexity index is 399. The second kappa shape index (κ2) is 5.70. The molecule has 0 aromatic heterocycles. The van der Waals surface area contributed by atoms with E-state index in [2.05, 4.69) is 15.9 Å². The van der Waals surface area contributed by atoms with Gasteiger partial charge in [-0.25, -0.2) is 0 Å². The van der Waals surface area contributed by atoms with Gasteiger partial charge in [0.15, 0.2) is 5.78 Å². The van der Waals surface area contributed by atoms with Gasteiger partial charge in [-0.2, -0.15) is 0 Å². The number of benzene rings is 1. The summed E-state index contributed by atoms with van der Waals surface area (Å²) >= 11 is 3.37. The molecule has 0 unspecified atom stereocenters. The average Bonchev–Trinajstić information content (AvgIpc) is 2.27. The summed E-state index contributed by atoms with van der Waals surface area (Å²) in [5, 5.41) is 0. The van der Waals surface area contributed by atoms with Crippen molar-refractivity contribution in [3.8, 4) is 11.5 Å². The minimum Gasteiger partial charge on any atom is -0.495 e. The molecule has 4 heteroatoms. The number of halogens is 1. The molecule has 0 radical (unpaired) electrons. The second-order valence-electron chi connectivity index (χ2n) is 3.18. The standard InChI is InChI=1S/C12H13BrO3/c1-8(14)4-5-9-6-10(15-2)12(13)11(7-9)16-3/h4-7H,1-3H3/b5-4+. The molecule has 3 nitrogen and oxygen atoms in total. The quantitative estimate of drug-likeness (QED) is 0.797. The van der Waals surface area contributed by atoms with Crippen LogP contribution in [0, 0.1) is 0 Å². The molecule has 1 aromatic rings. The van der Waals surface area contributed by atoms with Gasteiger partial charge in [-0.1, -0.05) is 6.08 Å². The number of methoxy groups -OCH3 is 2. The first-order valence-corrected chi connectivity index (χ1v) is 5.48. The topological polar surface area (TPSA) is 35.5 Å². The summed E-state index contributed by atoms with van der Waals surface area (Å²) in [5.41, 5.74) is 0.854. The van der Waals surface area contributed by atoms with Crippen LogP contribution >= 0.6 is 15.9 Å². The Labute approximate surface area is 103 Å². The summed E-state index contributed by atoms with van der Waals surface area (Å²) in [7, 11) is 3.16. The van der Waals surface area contributed by atoms with Crippen molar-refractivity contribution >= 4 is 27.8 Å². The van der Waals surface area contributed by atoms with Crippen molar-refractivity contribution in [2.75, 3.05) is 14.2 Å². The molecule has 0 saturated heterocycles. The molecular weight excluding hydrogens is 272 g/mol. The highest BCUT2D eigenvalue weighted by Crippen LogP contribution is 2.35. The van der Waals surface area contributed by atoms with Crippen molar-refractivity contribution in [3.63, 3.8) is 0 Å². The van der Waals surface area contributed by atoms with Crippen molar-refractivity contribution in [1.82, 2.24) is 0 Å². The summed E-state index contributed by atoms with van der Waals surface area (Å²) in [4.78, 5) is 10.8. The maximum Gasteiger partial charge on any atom is 0.152 e. The van der Waals surface area contributed by atoms with Crippen molar-refractivity contribution in [2.45, 2.75) is 6.92 Å². The van der Waals surface area contributed by atoms with Crippen molar-refractivity contribution in [3.05, 3.63) is 28.2 Å². The van der Waals surface area contributed by atoms with Gasteiger partial charge in [0.2, 0.25) is 0 Å². The van der Waals surface area contributed by atoms with Crippen LogP contribution < -0.4 is 9.47 Å². The highest BCUT2D eigenvalue weighted by Gasteiger charge is 2.08. The van der Waals surface area contributed by atoms with Gasteiger partial charge in [-0.05, 0) is 46.6 Å². The third-order valence-electron chi connectivity index (χ3n) is 1.98. The largest absolute Gasteiger partial charge is 0.495 e. The third kappa shape index (κ3) is 3.10. The maximum absolute atomic E-state index is 10.8. The summed E-state index contributed by atoms with van der Waals surface area (Å²) in [6.45, 7) is 1.50. The van der Waals surface area contributed by atoms with Gasteiger partial charge in [0.1, 0.15) is 16.0 Å². The normalized spacial score (nSPS) is 10.5. The van der Waals surface area contributed by atoms with Gasteiger partial charge in [0.25, 0.3) is 0 Å². The Morgan fingerprint density at radius 2 is 1.75 bits per heavy atom. The molecule has 0 saturated carbocycles. The van der Waals surface area contributed by atoms with E-state index in [9.17, 15) is 4.79 Å². The molecular formula is C12H13BrO3. The van der Waals surface area contributed by atoms with Crippen LogP contribution in [0.25, 0.3) is 6.08 Å². The van der Waals surface area contributed by atoms with Gasteiger partial charge >= 0.3 is 0 Å². The third-order valence-corrected chi connectivity index (χ3v) is 2.76. The van der Waals surface area contributed by atoms with Crippen molar-refractivity contribution in [1.29, 1.82) is 0 Å². The lowest BCUT2D eigenvalue weighted by Crippen LogP contribution is -1.91. The molecule has 0 aliphatic rings. The molecule has 0 heterocycles. The zero-order chi connectivity index (χ0) is 12.1. The van der Waals surface area contributed by atoms with Crippen LogP contribution in [0.1, 0.15) is 12.5 Å². The first-order valence-electron chi connectivity index (χ1n) is 4.68. The fraction of sp³-hybridized carbons (Fsp3) is 0.250. The Kier molecular flexibility index (Phi) is 4.55. The van der Waals surface area contributed by atoms with E-state index in [4.69, 9.17) is 9.47 Å². The molecule has 0 bridgehead atoms. The molecule has 0 aliphatic carbocycles. The van der Waals surface area contributed by atoms with Crippen LogP contribution in [0.2, 0.25) is 0 Å². The van der Waals surface area contributed by atoms with E-state index in [1.54, 1.807) is 20.3 Å². The first-order chi connectivity index (χ1) is 7.58. The van der Waals surface area contributed by atoms with Crippen LogP contribution in [0.15, 0.2) is 22.7 Å². The fourth-order valence-corrected chi connectivity index (χ4v) is 1.75. The highest BCUT2D eigenvalue weighted by molar-refractivity contribution is 9.10. The summed E-state index contributed by atoms with van der Waals surface area (Å²) in [6, 6.07) is 3.65. The Balaban J connectivity index is 3.16. The second-order valence-corrected chi connectivity index (χ2v) is 3.98. The van der Waals surface area contributed by atoms with Crippen LogP contribution in [-0.4, -0.2) is 20.0 Å². The van der Waals surface area contributed by atoms with E-state index in [0.717, 1.165) is 10.0 Å². The molecule has 0 N–H and O–H groups in total. The molecule has 16 heavy (non-hydrogen) atoms. The predicted molar refractivity (Wildman–Crippen MR) is 67.0 cm³/mol. The maximum atomic E-state index is 10.8. The predicted octanol–water partition coefficient (Wildman–Crippen LogP) is 3.07. The molecule has 1 aromatic carbocycles. The number of allylic oxidation sites excluding steroid dienone is 1. The molecule has 0 aliphatic heterocycles. The van der Waals surface area contributed by atoms with Gasteiger partial charge in [0.05, 0.1) is 14.2 Å². The van der Waals surface area contributed by atoms with Crippen LogP contribution in [0.4, 0.5) is 0 Å². The number of ether oxygens (including phenoxy) is 2. The van der Waals surface area contributed by atoms with Crippen LogP contribution in [0.3, 0.4) is 0 Å². The SMILES string of the molecule is COc1cc(/C=C/C(C)=O)cc(OC)c1Br. The van der Waals surface area contributed by atoms with E-state index in [0.29, 0.717) is 11.5 Å². The number of hydrogen-bond donors (Lipinski definition) is 0. The van der Waals surface area contributed by atoms with Crippen molar-refractivity contribution < 1.29 is 14.3 Å². The number of hydrogen-bond acceptors (Lipinski definition) is 3. The zero-order valence-corrected chi connectivity index (χ0v) is 11.0. The first kappa shape index (κ1) is 12.8. The van der Waals surface area contributed by atoms with Crippen LogP contribution in [-0.2, 0) is 4.79 Å². The Morgan fingerprint density at radius 1 is 1.25 bits per heavy atom. The molecule has 0 atom stereocenters. The molecule has 0 amide bonds. The lowest BCUT2D eigenvalue weighted by molar-refractivity contribution is -0.112. The monoisotopic (exact) mass is 284 g/mol. The summed E-state index contributed by atoms with van der Waals surface area (Å²) < 4.78 is 11.1. The number of rotatable bonds is 4. The minimum atomic E-state index is 0.000789. The van der Waals surface area contributed by atoms with E-state index < -0.39 is 0 Å². The summed E-state index contributed by atoms with van der Waals surface area (Å²) in [6.07, 6.45) is 3.22. The van der Waals surface area contributed by atoms with E-state index >= 15 is 0 Å².